The van der Waals surface area contributed by atoms with Crippen LogP contribution in [0.25, 0.3) is 0 Å². The van der Waals surface area contributed by atoms with Crippen LogP contribution in [0.5, 0.6) is 0 Å². The van der Waals surface area contributed by atoms with E-state index in [9.17, 15) is 9.59 Å². The monoisotopic (exact) mass is 303 g/mol. The molecule has 0 aliphatic carbocycles. The third-order valence-corrected chi connectivity index (χ3v) is 4.38. The number of carbonyl (C=O) groups excluding carboxylic acids is 2. The smallest absolute Gasteiger partial charge is 0.225 e. The molecular weight excluding hydrogens is 282 g/mol. The minimum Gasteiger partial charge on any atom is -0.381 e. The molecule has 1 aromatic heterocycles. The largest absolute Gasteiger partial charge is 0.381 e. The number of aromatic nitrogens is 1. The van der Waals surface area contributed by atoms with Crippen molar-refractivity contribution in [3.8, 4) is 0 Å². The van der Waals surface area contributed by atoms with E-state index in [0.717, 1.165) is 18.4 Å². The molecule has 3 heterocycles. The zero-order chi connectivity index (χ0) is 15.4. The van der Waals surface area contributed by atoms with Crippen molar-refractivity contribution in [3.05, 3.63) is 30.1 Å². The fraction of sp³-hybridized carbons (Fsp3) is 0.562. The van der Waals surface area contributed by atoms with Crippen LogP contribution in [0.3, 0.4) is 0 Å². The predicted molar refractivity (Wildman–Crippen MR) is 79.7 cm³/mol. The first-order valence-corrected chi connectivity index (χ1v) is 7.78. The average Bonchev–Trinajstić information content (AvgIpc) is 2.96. The summed E-state index contributed by atoms with van der Waals surface area (Å²) in [4.78, 5) is 30.2. The van der Waals surface area contributed by atoms with Crippen molar-refractivity contribution >= 4 is 11.8 Å². The number of carbonyl (C=O) groups is 2. The molecular formula is C16H21N3O3. The van der Waals surface area contributed by atoms with E-state index in [0.29, 0.717) is 32.7 Å². The summed E-state index contributed by atoms with van der Waals surface area (Å²) < 4.78 is 5.33. The lowest BCUT2D eigenvalue weighted by Gasteiger charge is -2.31. The van der Waals surface area contributed by atoms with Gasteiger partial charge in [0, 0.05) is 51.2 Å². The van der Waals surface area contributed by atoms with Gasteiger partial charge in [0.1, 0.15) is 0 Å². The summed E-state index contributed by atoms with van der Waals surface area (Å²) in [5.41, 5.74) is 1.01. The Morgan fingerprint density at radius 1 is 1.32 bits per heavy atom. The molecule has 1 N–H and O–H groups in total. The Bertz CT molecular complexity index is 529. The first kappa shape index (κ1) is 15.0. The van der Waals surface area contributed by atoms with Gasteiger partial charge in [0.15, 0.2) is 0 Å². The number of amides is 2. The highest BCUT2D eigenvalue weighted by molar-refractivity contribution is 5.89. The van der Waals surface area contributed by atoms with Gasteiger partial charge in [0.05, 0.1) is 5.92 Å². The van der Waals surface area contributed by atoms with Crippen molar-refractivity contribution in [2.45, 2.75) is 31.8 Å². The van der Waals surface area contributed by atoms with Crippen molar-refractivity contribution in [2.24, 2.45) is 5.92 Å². The number of hydrogen-bond acceptors (Lipinski definition) is 4. The SMILES string of the molecule is O=C(NCc1ccncc1)C1CC(=O)N(C2CCOCC2)C1. The van der Waals surface area contributed by atoms with Crippen LogP contribution in [0.1, 0.15) is 24.8 Å². The van der Waals surface area contributed by atoms with E-state index in [1.807, 2.05) is 17.0 Å². The van der Waals surface area contributed by atoms with Gasteiger partial charge in [-0.1, -0.05) is 0 Å². The Morgan fingerprint density at radius 2 is 2.05 bits per heavy atom. The molecule has 118 valence electrons. The summed E-state index contributed by atoms with van der Waals surface area (Å²) in [6.07, 6.45) is 5.47. The van der Waals surface area contributed by atoms with Crippen molar-refractivity contribution < 1.29 is 14.3 Å². The number of pyridine rings is 1. The lowest BCUT2D eigenvalue weighted by Crippen LogP contribution is -2.41. The molecule has 2 saturated heterocycles. The number of ether oxygens (including phenoxy) is 1. The van der Waals surface area contributed by atoms with Crippen LogP contribution in [-0.2, 0) is 20.9 Å². The molecule has 2 fully saturated rings. The summed E-state index contributed by atoms with van der Waals surface area (Å²) in [6, 6.07) is 3.97. The topological polar surface area (TPSA) is 71.5 Å². The van der Waals surface area contributed by atoms with Crippen molar-refractivity contribution in [1.82, 2.24) is 15.2 Å². The van der Waals surface area contributed by atoms with Crippen LogP contribution < -0.4 is 5.32 Å². The molecule has 22 heavy (non-hydrogen) atoms. The molecule has 0 spiro atoms. The second kappa shape index (κ2) is 6.87. The molecule has 1 atom stereocenters. The molecule has 6 nitrogen and oxygen atoms in total. The van der Waals surface area contributed by atoms with Gasteiger partial charge in [0.25, 0.3) is 0 Å². The van der Waals surface area contributed by atoms with Crippen LogP contribution in [-0.4, -0.2) is 47.5 Å². The van der Waals surface area contributed by atoms with Gasteiger partial charge >= 0.3 is 0 Å². The van der Waals surface area contributed by atoms with E-state index in [4.69, 9.17) is 4.74 Å². The van der Waals surface area contributed by atoms with Gasteiger partial charge in [-0.15, -0.1) is 0 Å². The lowest BCUT2D eigenvalue weighted by atomic mass is 10.1. The molecule has 1 unspecified atom stereocenters. The predicted octanol–water partition coefficient (Wildman–Crippen LogP) is 0.725. The highest BCUT2D eigenvalue weighted by Crippen LogP contribution is 2.25. The third-order valence-electron chi connectivity index (χ3n) is 4.38. The average molecular weight is 303 g/mol. The summed E-state index contributed by atoms with van der Waals surface area (Å²) in [5.74, 6) is -0.187. The molecule has 2 amide bonds. The number of hydrogen-bond donors (Lipinski definition) is 1. The standard InChI is InChI=1S/C16H21N3O3/c20-15-9-13(11-19(15)14-3-7-22-8-4-14)16(21)18-10-12-1-5-17-6-2-12/h1-2,5-6,13-14H,3-4,7-11H2,(H,18,21). The van der Waals surface area contributed by atoms with E-state index in [2.05, 4.69) is 10.3 Å². The summed E-state index contributed by atoms with van der Waals surface area (Å²) >= 11 is 0. The highest BCUT2D eigenvalue weighted by Gasteiger charge is 2.38. The van der Waals surface area contributed by atoms with Crippen molar-refractivity contribution in [2.75, 3.05) is 19.8 Å². The maximum Gasteiger partial charge on any atom is 0.225 e. The van der Waals surface area contributed by atoms with Gasteiger partial charge in [0.2, 0.25) is 11.8 Å². The highest BCUT2D eigenvalue weighted by atomic mass is 16.5. The molecule has 1 aromatic rings. The lowest BCUT2D eigenvalue weighted by molar-refractivity contribution is -0.131. The third kappa shape index (κ3) is 3.44. The van der Waals surface area contributed by atoms with Crippen LogP contribution in [0.2, 0.25) is 0 Å². The molecule has 2 aliphatic rings. The first-order valence-electron chi connectivity index (χ1n) is 7.78. The van der Waals surface area contributed by atoms with Gasteiger partial charge in [-0.3, -0.25) is 14.6 Å². The van der Waals surface area contributed by atoms with Crippen molar-refractivity contribution in [1.29, 1.82) is 0 Å². The first-order chi connectivity index (χ1) is 10.7. The minimum atomic E-state index is -0.239. The van der Waals surface area contributed by atoms with Crippen LogP contribution >= 0.6 is 0 Å². The number of rotatable bonds is 4. The molecule has 0 saturated carbocycles. The zero-order valence-electron chi connectivity index (χ0n) is 12.5. The summed E-state index contributed by atoms with van der Waals surface area (Å²) in [7, 11) is 0. The number of nitrogens with zero attached hydrogens (tertiary/aromatic N) is 2. The summed E-state index contributed by atoms with van der Waals surface area (Å²) in [5, 5.41) is 2.91. The maximum absolute atomic E-state index is 12.3. The second-order valence-electron chi connectivity index (χ2n) is 5.86. The Labute approximate surface area is 129 Å². The molecule has 0 radical (unpaired) electrons. The quantitative estimate of drug-likeness (QED) is 0.890. The minimum absolute atomic E-state index is 0.0419. The van der Waals surface area contributed by atoms with Crippen LogP contribution in [0.15, 0.2) is 24.5 Å². The van der Waals surface area contributed by atoms with E-state index < -0.39 is 0 Å². The van der Waals surface area contributed by atoms with E-state index in [1.54, 1.807) is 12.4 Å². The summed E-state index contributed by atoms with van der Waals surface area (Å²) in [6.45, 7) is 2.41. The normalized spacial score (nSPS) is 22.8. The molecule has 2 aliphatic heterocycles. The van der Waals surface area contributed by atoms with E-state index >= 15 is 0 Å². The molecule has 0 aromatic carbocycles. The molecule has 6 heteroatoms. The van der Waals surface area contributed by atoms with Gasteiger partial charge in [-0.05, 0) is 30.5 Å². The molecule has 0 bridgehead atoms. The molecule has 3 rings (SSSR count). The van der Waals surface area contributed by atoms with E-state index in [1.165, 1.54) is 0 Å². The van der Waals surface area contributed by atoms with Crippen molar-refractivity contribution in [3.63, 3.8) is 0 Å². The van der Waals surface area contributed by atoms with Gasteiger partial charge in [-0.25, -0.2) is 0 Å². The Morgan fingerprint density at radius 3 is 2.77 bits per heavy atom. The van der Waals surface area contributed by atoms with Gasteiger partial charge < -0.3 is 15.0 Å². The Balaban J connectivity index is 1.52. The number of nitrogens with one attached hydrogen (secondary N) is 1. The van der Waals surface area contributed by atoms with Crippen LogP contribution in [0, 0.1) is 5.92 Å². The fourth-order valence-corrected chi connectivity index (χ4v) is 3.09. The Hall–Kier alpha value is -1.95. The van der Waals surface area contributed by atoms with Gasteiger partial charge in [-0.2, -0.15) is 0 Å². The number of likely N-dealkylation sites (tertiary alicyclic amines) is 1. The maximum atomic E-state index is 12.3. The second-order valence-corrected chi connectivity index (χ2v) is 5.86. The van der Waals surface area contributed by atoms with E-state index in [-0.39, 0.29) is 23.8 Å². The fourth-order valence-electron chi connectivity index (χ4n) is 3.09. The zero-order valence-corrected chi connectivity index (χ0v) is 12.5. The Kier molecular flexibility index (Phi) is 4.68. The van der Waals surface area contributed by atoms with Crippen LogP contribution in [0.4, 0.5) is 0 Å².